The quantitative estimate of drug-likeness (QED) is 0.344. The van der Waals surface area contributed by atoms with Gasteiger partial charge in [0.15, 0.2) is 0 Å². The molecule has 6 heavy (non-hydrogen) atoms. The Morgan fingerprint density at radius 1 is 1.00 bits per heavy atom. The Labute approximate surface area is 56.6 Å². The van der Waals surface area contributed by atoms with Crippen molar-refractivity contribution in [2.45, 2.75) is 0 Å². The minimum absolute atomic E-state index is 0. The van der Waals surface area contributed by atoms with Crippen LogP contribution in [0.25, 0.3) is 0 Å². The molecule has 0 amide bonds. The fourth-order valence-electron chi connectivity index (χ4n) is 0. The van der Waals surface area contributed by atoms with Crippen molar-refractivity contribution in [2.75, 3.05) is 0 Å². The summed E-state index contributed by atoms with van der Waals surface area (Å²) in [5.41, 5.74) is 0. The van der Waals surface area contributed by atoms with Gasteiger partial charge < -0.3 is 5.48 Å². The van der Waals surface area contributed by atoms with Crippen molar-refractivity contribution in [1.29, 1.82) is 0 Å². The van der Waals surface area contributed by atoms with Crippen LogP contribution in [0.1, 0.15) is 0 Å². The summed E-state index contributed by atoms with van der Waals surface area (Å²) in [7, 11) is -4.12. The molecule has 0 aromatic heterocycles. The SMILES string of the molecule is FP(F)F.O.[Na]. The van der Waals surface area contributed by atoms with Gasteiger partial charge >= 0.3 is 8.85 Å². The maximum Gasteiger partial charge on any atom is 0.456 e. The van der Waals surface area contributed by atoms with Crippen molar-refractivity contribution in [1.82, 2.24) is 0 Å². The summed E-state index contributed by atoms with van der Waals surface area (Å²) in [4.78, 5) is 0. The molecular weight excluding hydrogens is 127 g/mol. The normalized spacial score (nSPS) is 6.00. The summed E-state index contributed by atoms with van der Waals surface area (Å²) in [5, 5.41) is 0. The van der Waals surface area contributed by atoms with Crippen LogP contribution in [0.3, 0.4) is 0 Å². The first-order valence-corrected chi connectivity index (χ1v) is 1.52. The Morgan fingerprint density at radius 2 is 1.00 bits per heavy atom. The number of hydrogen-bond acceptors (Lipinski definition) is 0. The van der Waals surface area contributed by atoms with Gasteiger partial charge in [0.2, 0.25) is 0 Å². The van der Waals surface area contributed by atoms with Gasteiger partial charge in [-0.25, -0.2) is 0 Å². The van der Waals surface area contributed by atoms with E-state index in [1.165, 1.54) is 0 Å². The molecule has 1 nitrogen and oxygen atoms in total. The fourth-order valence-corrected chi connectivity index (χ4v) is 0. The topological polar surface area (TPSA) is 31.5 Å². The minimum Gasteiger partial charge on any atom is -0.412 e. The van der Waals surface area contributed by atoms with Crippen molar-refractivity contribution < 1.29 is 18.1 Å². The molecule has 6 heteroatoms. The molecule has 0 fully saturated rings. The van der Waals surface area contributed by atoms with Crippen LogP contribution in [0.15, 0.2) is 0 Å². The molecule has 0 spiro atoms. The Hall–Kier alpha value is 1.18. The average Bonchev–Trinajstić information content (AvgIpc) is 0.811. The predicted octanol–water partition coefficient (Wildman–Crippen LogP) is 0.916. The summed E-state index contributed by atoms with van der Waals surface area (Å²) in [6.45, 7) is 0. The van der Waals surface area contributed by atoms with E-state index < -0.39 is 8.85 Å². The van der Waals surface area contributed by atoms with Gasteiger partial charge in [0.1, 0.15) is 0 Å². The van der Waals surface area contributed by atoms with Gasteiger partial charge in [0, 0.05) is 29.6 Å². The van der Waals surface area contributed by atoms with Crippen LogP contribution < -0.4 is 0 Å². The third-order valence-electron chi connectivity index (χ3n) is 0. The van der Waals surface area contributed by atoms with Gasteiger partial charge in [0.05, 0.1) is 0 Å². The van der Waals surface area contributed by atoms with E-state index in [1.807, 2.05) is 0 Å². The molecule has 0 unspecified atom stereocenters. The first-order chi connectivity index (χ1) is 1.73. The zero-order valence-electron chi connectivity index (χ0n) is 3.08. The van der Waals surface area contributed by atoms with Crippen LogP contribution in [0, 0.1) is 0 Å². The summed E-state index contributed by atoms with van der Waals surface area (Å²) in [6.07, 6.45) is 0. The molecule has 0 saturated heterocycles. The third-order valence-corrected chi connectivity index (χ3v) is 0. The van der Waals surface area contributed by atoms with E-state index in [9.17, 15) is 12.6 Å². The number of halogens is 3. The van der Waals surface area contributed by atoms with Crippen LogP contribution in [0.5, 0.6) is 0 Å². The van der Waals surface area contributed by atoms with Crippen molar-refractivity contribution in [3.05, 3.63) is 0 Å². The van der Waals surface area contributed by atoms with Crippen LogP contribution in [-0.2, 0) is 0 Å². The largest absolute Gasteiger partial charge is 0.456 e. The monoisotopic (exact) mass is 129 g/mol. The summed E-state index contributed by atoms with van der Waals surface area (Å²) < 4.78 is 29.2. The first kappa shape index (κ1) is 15.7. The van der Waals surface area contributed by atoms with Crippen molar-refractivity contribution >= 4 is 38.4 Å². The van der Waals surface area contributed by atoms with Crippen LogP contribution >= 0.6 is 8.85 Å². The summed E-state index contributed by atoms with van der Waals surface area (Å²) in [6, 6.07) is 0. The Balaban J connectivity index is -0.0000000450. The molecule has 1 radical (unpaired) electrons. The Kier molecular flexibility index (Phi) is 24.8. The maximum absolute atomic E-state index is 9.73. The number of rotatable bonds is 0. The fraction of sp³-hybridized carbons (Fsp3) is 0. The van der Waals surface area contributed by atoms with Crippen molar-refractivity contribution in [3.8, 4) is 0 Å². The number of hydrogen-bond donors (Lipinski definition) is 0. The molecule has 0 aliphatic rings. The Bertz CT molecular complexity index is 15.5. The molecule has 0 rings (SSSR count). The molecule has 0 aliphatic carbocycles. The van der Waals surface area contributed by atoms with E-state index in [-0.39, 0.29) is 35.0 Å². The van der Waals surface area contributed by atoms with E-state index >= 15 is 0 Å². The Morgan fingerprint density at radius 3 is 1.00 bits per heavy atom. The van der Waals surface area contributed by atoms with Crippen LogP contribution in [-0.4, -0.2) is 35.0 Å². The minimum atomic E-state index is -4.12. The molecule has 0 aliphatic heterocycles. The molecule has 0 saturated carbocycles. The summed E-state index contributed by atoms with van der Waals surface area (Å²) in [5.74, 6) is 0. The molecule has 0 heterocycles. The molecule has 0 atom stereocenters. The average molecular weight is 129 g/mol. The zero-order chi connectivity index (χ0) is 3.58. The van der Waals surface area contributed by atoms with Gasteiger partial charge in [-0.2, -0.15) is 12.6 Å². The smallest absolute Gasteiger partial charge is 0.412 e. The van der Waals surface area contributed by atoms with Gasteiger partial charge in [-0.05, 0) is 0 Å². The van der Waals surface area contributed by atoms with Crippen molar-refractivity contribution in [2.24, 2.45) is 0 Å². The maximum atomic E-state index is 9.73. The standard InChI is InChI=1S/F3P.Na.H2O/c1-4(2)3;;/h;;1H2. The molecule has 2 N–H and O–H groups in total. The van der Waals surface area contributed by atoms with E-state index in [4.69, 9.17) is 0 Å². The third kappa shape index (κ3) is 65.0. The van der Waals surface area contributed by atoms with Crippen LogP contribution in [0.4, 0.5) is 12.6 Å². The van der Waals surface area contributed by atoms with Gasteiger partial charge in [-0.15, -0.1) is 0 Å². The molecule has 0 bridgehead atoms. The zero-order valence-corrected chi connectivity index (χ0v) is 5.98. The van der Waals surface area contributed by atoms with Crippen LogP contribution in [0.2, 0.25) is 0 Å². The molecular formula is H2F3NaOP. The molecule has 0 aromatic rings. The molecule has 35 valence electrons. The van der Waals surface area contributed by atoms with E-state index in [0.717, 1.165) is 0 Å². The molecule has 0 aromatic carbocycles. The second kappa shape index (κ2) is 9.49. The van der Waals surface area contributed by atoms with Crippen molar-refractivity contribution in [3.63, 3.8) is 0 Å². The van der Waals surface area contributed by atoms with Gasteiger partial charge in [0.25, 0.3) is 0 Å². The van der Waals surface area contributed by atoms with Gasteiger partial charge in [-0.3, -0.25) is 0 Å². The predicted molar refractivity (Wildman–Crippen MR) is 19.6 cm³/mol. The van der Waals surface area contributed by atoms with E-state index in [1.54, 1.807) is 0 Å². The van der Waals surface area contributed by atoms with Gasteiger partial charge in [-0.1, -0.05) is 0 Å². The summed E-state index contributed by atoms with van der Waals surface area (Å²) >= 11 is 0. The second-order valence-corrected chi connectivity index (χ2v) is 0.575. The van der Waals surface area contributed by atoms with E-state index in [2.05, 4.69) is 0 Å². The van der Waals surface area contributed by atoms with E-state index in [0.29, 0.717) is 0 Å². The second-order valence-electron chi connectivity index (χ2n) is 0.192. The first-order valence-electron chi connectivity index (χ1n) is 0.507.